The number of hydrogen-bond acceptors (Lipinski definition) is 3. The van der Waals surface area contributed by atoms with Gasteiger partial charge < -0.3 is 5.32 Å². The van der Waals surface area contributed by atoms with Gasteiger partial charge in [-0.2, -0.15) is 0 Å². The number of imidazole rings is 1. The predicted molar refractivity (Wildman–Crippen MR) is 89.7 cm³/mol. The van der Waals surface area contributed by atoms with Gasteiger partial charge in [0.15, 0.2) is 4.96 Å². The van der Waals surface area contributed by atoms with Crippen molar-refractivity contribution in [3.63, 3.8) is 0 Å². The number of benzene rings is 1. The van der Waals surface area contributed by atoms with E-state index in [1.807, 2.05) is 28.1 Å². The van der Waals surface area contributed by atoms with Crippen LogP contribution >= 0.6 is 34.5 Å². The SMILES string of the molecule is CCNC(Cc1cn2ccsc2n1)c1ccc(Cl)cc1Cl. The highest BCUT2D eigenvalue weighted by atomic mass is 35.5. The molecular formula is C15H15Cl2N3S. The molecule has 1 aromatic carbocycles. The van der Waals surface area contributed by atoms with Crippen LogP contribution in [0.1, 0.15) is 24.2 Å². The second-order valence-corrected chi connectivity index (χ2v) is 6.52. The van der Waals surface area contributed by atoms with Crippen molar-refractivity contribution in [2.75, 3.05) is 6.54 Å². The zero-order valence-electron chi connectivity index (χ0n) is 11.5. The van der Waals surface area contributed by atoms with E-state index < -0.39 is 0 Å². The van der Waals surface area contributed by atoms with Crippen molar-refractivity contribution >= 4 is 39.5 Å². The van der Waals surface area contributed by atoms with Crippen molar-refractivity contribution in [2.45, 2.75) is 19.4 Å². The van der Waals surface area contributed by atoms with Crippen LogP contribution in [-0.2, 0) is 6.42 Å². The minimum atomic E-state index is 0.129. The van der Waals surface area contributed by atoms with Crippen LogP contribution in [0, 0.1) is 0 Å². The van der Waals surface area contributed by atoms with Gasteiger partial charge in [0.25, 0.3) is 0 Å². The number of thiazole rings is 1. The molecule has 3 aromatic rings. The largest absolute Gasteiger partial charge is 0.310 e. The monoisotopic (exact) mass is 339 g/mol. The van der Waals surface area contributed by atoms with E-state index in [0.29, 0.717) is 10.0 Å². The fraction of sp³-hybridized carbons (Fsp3) is 0.267. The van der Waals surface area contributed by atoms with E-state index in [1.165, 1.54) is 0 Å². The Morgan fingerprint density at radius 2 is 2.24 bits per heavy atom. The smallest absolute Gasteiger partial charge is 0.193 e. The molecule has 0 aliphatic heterocycles. The molecule has 0 aliphatic carbocycles. The fourth-order valence-electron chi connectivity index (χ4n) is 2.41. The van der Waals surface area contributed by atoms with Crippen LogP contribution in [-0.4, -0.2) is 15.9 Å². The Bertz CT molecular complexity index is 722. The van der Waals surface area contributed by atoms with E-state index >= 15 is 0 Å². The van der Waals surface area contributed by atoms with Gasteiger partial charge in [0.05, 0.1) is 5.69 Å². The number of fused-ring (bicyclic) bond motifs is 1. The lowest BCUT2D eigenvalue weighted by atomic mass is 10.0. The molecule has 1 unspecified atom stereocenters. The standard InChI is InChI=1S/C15H15Cl2N3S/c1-2-18-14(12-4-3-10(16)7-13(12)17)8-11-9-20-5-6-21-15(20)19-11/h3-7,9,14,18H,2,8H2,1H3. The zero-order chi connectivity index (χ0) is 14.8. The summed E-state index contributed by atoms with van der Waals surface area (Å²) >= 11 is 14.0. The third kappa shape index (κ3) is 3.24. The van der Waals surface area contributed by atoms with Crippen LogP contribution in [0.15, 0.2) is 36.0 Å². The molecule has 0 saturated heterocycles. The van der Waals surface area contributed by atoms with Crippen molar-refractivity contribution in [3.8, 4) is 0 Å². The van der Waals surface area contributed by atoms with E-state index in [9.17, 15) is 0 Å². The highest BCUT2D eigenvalue weighted by Gasteiger charge is 2.16. The quantitative estimate of drug-likeness (QED) is 0.736. The fourth-order valence-corrected chi connectivity index (χ4v) is 3.67. The first kappa shape index (κ1) is 14.9. The second kappa shape index (κ2) is 6.36. The number of hydrogen-bond donors (Lipinski definition) is 1. The summed E-state index contributed by atoms with van der Waals surface area (Å²) < 4.78 is 2.05. The Kier molecular flexibility index (Phi) is 4.50. The number of halogens is 2. The third-order valence-electron chi connectivity index (χ3n) is 3.34. The van der Waals surface area contributed by atoms with Gasteiger partial charge in [0.1, 0.15) is 0 Å². The van der Waals surface area contributed by atoms with E-state index in [4.69, 9.17) is 23.2 Å². The molecule has 3 rings (SSSR count). The lowest BCUT2D eigenvalue weighted by Gasteiger charge is -2.18. The molecule has 1 atom stereocenters. The molecule has 110 valence electrons. The van der Waals surface area contributed by atoms with Gasteiger partial charge in [-0.3, -0.25) is 4.40 Å². The Balaban J connectivity index is 1.88. The molecule has 0 radical (unpaired) electrons. The molecule has 0 aliphatic rings. The van der Waals surface area contributed by atoms with Crippen molar-refractivity contribution in [2.24, 2.45) is 0 Å². The summed E-state index contributed by atoms with van der Waals surface area (Å²) in [4.78, 5) is 5.66. The van der Waals surface area contributed by atoms with E-state index in [0.717, 1.165) is 29.2 Å². The van der Waals surface area contributed by atoms with Crippen LogP contribution in [0.5, 0.6) is 0 Å². The van der Waals surface area contributed by atoms with Gasteiger partial charge in [0.2, 0.25) is 0 Å². The molecule has 0 saturated carbocycles. The second-order valence-electron chi connectivity index (χ2n) is 4.81. The van der Waals surface area contributed by atoms with Crippen LogP contribution in [0.2, 0.25) is 10.0 Å². The first-order valence-electron chi connectivity index (χ1n) is 6.76. The molecule has 0 bridgehead atoms. The summed E-state index contributed by atoms with van der Waals surface area (Å²) in [6, 6.07) is 5.77. The number of likely N-dealkylation sites (N-methyl/N-ethyl adjacent to an activating group) is 1. The molecule has 3 nitrogen and oxygen atoms in total. The molecular weight excluding hydrogens is 325 g/mol. The molecule has 0 spiro atoms. The number of rotatable bonds is 5. The number of aromatic nitrogens is 2. The van der Waals surface area contributed by atoms with Gasteiger partial charge in [-0.05, 0) is 24.2 Å². The average molecular weight is 340 g/mol. The summed E-state index contributed by atoms with van der Waals surface area (Å²) in [5.74, 6) is 0. The van der Waals surface area contributed by atoms with Gasteiger partial charge in [-0.15, -0.1) is 11.3 Å². The number of nitrogens with one attached hydrogen (secondary N) is 1. The maximum absolute atomic E-state index is 6.34. The van der Waals surface area contributed by atoms with Crippen molar-refractivity contribution in [3.05, 3.63) is 57.3 Å². The summed E-state index contributed by atoms with van der Waals surface area (Å²) in [7, 11) is 0. The normalized spacial score (nSPS) is 12.9. The van der Waals surface area contributed by atoms with Crippen LogP contribution in [0.3, 0.4) is 0 Å². The maximum Gasteiger partial charge on any atom is 0.193 e. The van der Waals surface area contributed by atoms with Crippen molar-refractivity contribution in [1.82, 2.24) is 14.7 Å². The summed E-state index contributed by atoms with van der Waals surface area (Å²) in [6.07, 6.45) is 4.89. The van der Waals surface area contributed by atoms with Gasteiger partial charge in [-0.1, -0.05) is 36.2 Å². The van der Waals surface area contributed by atoms with Crippen LogP contribution < -0.4 is 5.32 Å². The van der Waals surface area contributed by atoms with E-state index in [-0.39, 0.29) is 6.04 Å². The molecule has 2 aromatic heterocycles. The maximum atomic E-state index is 6.34. The third-order valence-corrected chi connectivity index (χ3v) is 4.68. The van der Waals surface area contributed by atoms with E-state index in [2.05, 4.69) is 23.4 Å². The molecule has 0 fully saturated rings. The highest BCUT2D eigenvalue weighted by Crippen LogP contribution is 2.28. The average Bonchev–Trinajstić information content (AvgIpc) is 2.99. The van der Waals surface area contributed by atoms with Gasteiger partial charge in [-0.25, -0.2) is 4.98 Å². The van der Waals surface area contributed by atoms with Crippen molar-refractivity contribution in [1.29, 1.82) is 0 Å². The Morgan fingerprint density at radius 3 is 2.95 bits per heavy atom. The first-order chi connectivity index (χ1) is 10.2. The molecule has 1 N–H and O–H groups in total. The van der Waals surface area contributed by atoms with Crippen LogP contribution in [0.25, 0.3) is 4.96 Å². The van der Waals surface area contributed by atoms with Crippen LogP contribution in [0.4, 0.5) is 0 Å². The highest BCUT2D eigenvalue weighted by molar-refractivity contribution is 7.15. The topological polar surface area (TPSA) is 29.3 Å². The van der Waals surface area contributed by atoms with Crippen molar-refractivity contribution < 1.29 is 0 Å². The first-order valence-corrected chi connectivity index (χ1v) is 8.40. The molecule has 0 amide bonds. The Hall–Kier alpha value is -1.07. The Morgan fingerprint density at radius 1 is 1.38 bits per heavy atom. The number of nitrogens with zero attached hydrogens (tertiary/aromatic N) is 2. The van der Waals surface area contributed by atoms with E-state index in [1.54, 1.807) is 17.4 Å². The summed E-state index contributed by atoms with van der Waals surface area (Å²) in [5.41, 5.74) is 2.11. The molecule has 2 heterocycles. The minimum absolute atomic E-state index is 0.129. The summed E-state index contributed by atoms with van der Waals surface area (Å²) in [6.45, 7) is 2.95. The predicted octanol–water partition coefficient (Wildman–Crippen LogP) is 4.60. The van der Waals surface area contributed by atoms with Gasteiger partial charge >= 0.3 is 0 Å². The molecule has 6 heteroatoms. The lowest BCUT2D eigenvalue weighted by molar-refractivity contribution is 0.545. The Labute approximate surface area is 137 Å². The van der Waals surface area contributed by atoms with Gasteiger partial charge in [0, 0.05) is 40.3 Å². The lowest BCUT2D eigenvalue weighted by Crippen LogP contribution is -2.23. The summed E-state index contributed by atoms with van der Waals surface area (Å²) in [5, 5.41) is 6.85. The molecule has 21 heavy (non-hydrogen) atoms. The minimum Gasteiger partial charge on any atom is -0.310 e. The zero-order valence-corrected chi connectivity index (χ0v) is 13.8.